The van der Waals surface area contributed by atoms with Crippen LogP contribution >= 0.6 is 0 Å². The van der Waals surface area contributed by atoms with E-state index in [4.69, 9.17) is 18.9 Å². The molecule has 1 aromatic rings. The zero-order chi connectivity index (χ0) is 37.5. The zero-order valence-corrected chi connectivity index (χ0v) is 32.6. The van der Waals surface area contributed by atoms with Crippen LogP contribution in [0, 0.1) is 50.2 Å². The van der Waals surface area contributed by atoms with Crippen molar-refractivity contribution in [1.29, 1.82) is 0 Å². The lowest BCUT2D eigenvalue weighted by molar-refractivity contribution is -0.316. The highest BCUT2D eigenvalue weighted by Crippen LogP contribution is 2.89. The van der Waals surface area contributed by atoms with E-state index in [2.05, 4.69) is 27.7 Å². The molecule has 0 radical (unpaired) electrons. The van der Waals surface area contributed by atoms with Gasteiger partial charge in [0, 0.05) is 28.6 Å². The number of ether oxygens (including phenoxy) is 4. The van der Waals surface area contributed by atoms with E-state index in [0.717, 1.165) is 50.5 Å². The molecule has 2 bridgehead atoms. The van der Waals surface area contributed by atoms with Crippen LogP contribution in [-0.2, 0) is 35.1 Å². The standard InChI is InChI=1S/C43H62O9/c1-35(2,34(47)49-23-26-12-10-9-11-13-26)22-30(44)51-29-16-17-40-24-41(40)19-20-42-25-50-43(37(5,6)48)21-18-38(7,52-43)32(42)31(45)33(46)39(42,8)28(41)15-14-27(40)36(29,3)4/h9-13,27-29,31-33,45-46,48H,14-25H2,1-8H3/t27?,28?,29?,31?,32-,33?,38?,39-,40-,41+,42+,43+/m1/s1. The van der Waals surface area contributed by atoms with Crippen molar-refractivity contribution in [3.63, 3.8) is 0 Å². The van der Waals surface area contributed by atoms with Gasteiger partial charge >= 0.3 is 11.9 Å². The molecule has 52 heavy (non-hydrogen) atoms. The minimum Gasteiger partial charge on any atom is -0.462 e. The van der Waals surface area contributed by atoms with Crippen molar-refractivity contribution in [3.8, 4) is 0 Å². The fourth-order valence-corrected chi connectivity index (χ4v) is 14.3. The third-order valence-corrected chi connectivity index (χ3v) is 17.0. The molecule has 2 aliphatic heterocycles. The van der Waals surface area contributed by atoms with E-state index in [1.54, 1.807) is 27.7 Å². The Morgan fingerprint density at radius 2 is 1.52 bits per heavy atom. The van der Waals surface area contributed by atoms with E-state index in [1.807, 2.05) is 30.3 Å². The summed E-state index contributed by atoms with van der Waals surface area (Å²) in [6, 6.07) is 9.53. The van der Waals surface area contributed by atoms with Gasteiger partial charge in [0.25, 0.3) is 0 Å². The molecule has 6 unspecified atom stereocenters. The Hall–Kier alpha value is -2.04. The molecule has 3 spiro atoms. The van der Waals surface area contributed by atoms with E-state index >= 15 is 0 Å². The first-order chi connectivity index (χ1) is 24.1. The van der Waals surface area contributed by atoms with Crippen molar-refractivity contribution in [2.24, 2.45) is 50.2 Å². The van der Waals surface area contributed by atoms with Crippen LogP contribution in [0.25, 0.3) is 0 Å². The van der Waals surface area contributed by atoms with E-state index in [-0.39, 0.29) is 53.2 Å². The van der Waals surface area contributed by atoms with Crippen LogP contribution in [0.5, 0.6) is 0 Å². The molecule has 7 fully saturated rings. The van der Waals surface area contributed by atoms with Gasteiger partial charge in [0.2, 0.25) is 0 Å². The molecule has 1 aromatic carbocycles. The van der Waals surface area contributed by atoms with Gasteiger partial charge in [-0.05, 0) is 114 Å². The van der Waals surface area contributed by atoms with Crippen LogP contribution in [0.2, 0.25) is 0 Å². The molecular weight excluding hydrogens is 660 g/mol. The van der Waals surface area contributed by atoms with Gasteiger partial charge in [0.15, 0.2) is 5.79 Å². The number of aliphatic hydroxyl groups is 3. The summed E-state index contributed by atoms with van der Waals surface area (Å²) >= 11 is 0. The number of benzene rings is 1. The van der Waals surface area contributed by atoms with Crippen LogP contribution in [0.4, 0.5) is 0 Å². The normalized spacial score (nSPS) is 47.1. The summed E-state index contributed by atoms with van der Waals surface area (Å²) in [5.41, 5.74) is -3.27. The van der Waals surface area contributed by atoms with E-state index in [9.17, 15) is 24.9 Å². The molecule has 288 valence electrons. The highest BCUT2D eigenvalue weighted by Gasteiger charge is 2.87. The lowest BCUT2D eigenvalue weighted by atomic mass is 9.41. The smallest absolute Gasteiger partial charge is 0.312 e. The van der Waals surface area contributed by atoms with Crippen LogP contribution in [0.15, 0.2) is 30.3 Å². The number of carbonyl (C=O) groups is 2. The molecule has 0 amide bonds. The molecule has 3 N–H and O–H groups in total. The molecule has 8 rings (SSSR count). The topological polar surface area (TPSA) is 132 Å². The van der Waals surface area contributed by atoms with Crippen LogP contribution in [0.1, 0.15) is 125 Å². The fourth-order valence-electron chi connectivity index (χ4n) is 14.3. The Labute approximate surface area is 309 Å². The van der Waals surface area contributed by atoms with E-state index in [1.165, 1.54) is 0 Å². The minimum atomic E-state index is -1.22. The van der Waals surface area contributed by atoms with Crippen molar-refractivity contribution < 1.29 is 43.9 Å². The first kappa shape index (κ1) is 36.9. The number of esters is 2. The predicted octanol–water partition coefficient (Wildman–Crippen LogP) is 6.49. The molecular formula is C43H62O9. The maximum atomic E-state index is 13.5. The molecule has 0 aromatic heterocycles. The second-order valence-electron chi connectivity index (χ2n) is 20.5. The van der Waals surface area contributed by atoms with Gasteiger partial charge in [0.1, 0.15) is 18.3 Å². The summed E-state index contributed by atoms with van der Waals surface area (Å²) in [6.07, 6.45) is 5.63. The minimum absolute atomic E-state index is 0.0449. The monoisotopic (exact) mass is 722 g/mol. The van der Waals surface area contributed by atoms with Gasteiger partial charge in [-0.25, -0.2) is 0 Å². The van der Waals surface area contributed by atoms with Crippen LogP contribution < -0.4 is 0 Å². The van der Waals surface area contributed by atoms with Crippen LogP contribution in [-0.4, -0.2) is 69.2 Å². The van der Waals surface area contributed by atoms with Gasteiger partial charge in [-0.3, -0.25) is 9.59 Å². The first-order valence-electron chi connectivity index (χ1n) is 20.0. The lowest BCUT2D eigenvalue weighted by Crippen LogP contribution is -2.63. The van der Waals surface area contributed by atoms with Gasteiger partial charge in [0.05, 0.1) is 36.3 Å². The van der Waals surface area contributed by atoms with E-state index < -0.39 is 51.4 Å². The lowest BCUT2D eigenvalue weighted by Gasteiger charge is -2.64. The van der Waals surface area contributed by atoms with Gasteiger partial charge in [-0.1, -0.05) is 51.1 Å². The molecule has 5 aliphatic carbocycles. The third-order valence-electron chi connectivity index (χ3n) is 17.0. The molecule has 7 aliphatic rings. The summed E-state index contributed by atoms with van der Waals surface area (Å²) in [7, 11) is 0. The van der Waals surface area contributed by atoms with Crippen molar-refractivity contribution >= 4 is 11.9 Å². The summed E-state index contributed by atoms with van der Waals surface area (Å²) in [5, 5.41) is 35.7. The summed E-state index contributed by atoms with van der Waals surface area (Å²) < 4.78 is 25.4. The Morgan fingerprint density at radius 1 is 0.865 bits per heavy atom. The highest BCUT2D eigenvalue weighted by atomic mass is 16.7. The highest BCUT2D eigenvalue weighted by molar-refractivity contribution is 5.82. The molecule has 5 saturated carbocycles. The number of carbonyl (C=O) groups excluding carboxylic acids is 2. The van der Waals surface area contributed by atoms with E-state index in [0.29, 0.717) is 25.4 Å². The Morgan fingerprint density at radius 3 is 2.21 bits per heavy atom. The van der Waals surface area contributed by atoms with Crippen LogP contribution in [0.3, 0.4) is 0 Å². The number of rotatable bonds is 7. The summed E-state index contributed by atoms with van der Waals surface area (Å²) in [5.74, 6) is -1.66. The summed E-state index contributed by atoms with van der Waals surface area (Å²) in [4.78, 5) is 26.6. The molecule has 2 heterocycles. The first-order valence-corrected chi connectivity index (χ1v) is 20.0. The summed E-state index contributed by atoms with van der Waals surface area (Å²) in [6.45, 7) is 16.4. The number of fused-ring (bicyclic) bond motifs is 4. The largest absolute Gasteiger partial charge is 0.462 e. The maximum absolute atomic E-state index is 13.5. The molecule has 9 nitrogen and oxygen atoms in total. The quantitative estimate of drug-likeness (QED) is 0.271. The average Bonchev–Trinajstić information content (AvgIpc) is 3.58. The maximum Gasteiger partial charge on any atom is 0.312 e. The zero-order valence-electron chi connectivity index (χ0n) is 32.6. The SMILES string of the molecule is CC(C)(CC(=O)OC1CC[C@]23C[C@]24CC[C@]25CO[C@@]6(C(C)(C)O)CCC(C)(O6)[C@H]2C(O)C(O)[C@@]5(C)C4CCC3C1(C)C)C(=O)OCc1ccccc1. The fraction of sp³-hybridized carbons (Fsp3) is 0.814. The number of hydrogen-bond donors (Lipinski definition) is 3. The predicted molar refractivity (Wildman–Crippen MR) is 192 cm³/mol. The van der Waals surface area contributed by atoms with Gasteiger partial charge < -0.3 is 34.3 Å². The van der Waals surface area contributed by atoms with Crippen molar-refractivity contribution in [3.05, 3.63) is 35.9 Å². The average molecular weight is 723 g/mol. The number of hydrogen-bond acceptors (Lipinski definition) is 9. The molecule has 12 atom stereocenters. The number of aliphatic hydroxyl groups excluding tert-OH is 2. The Balaban J connectivity index is 1.00. The third kappa shape index (κ3) is 4.64. The Bertz CT molecular complexity index is 1620. The van der Waals surface area contributed by atoms with Crippen molar-refractivity contribution in [2.45, 2.75) is 162 Å². The van der Waals surface area contributed by atoms with Crippen molar-refractivity contribution in [1.82, 2.24) is 0 Å². The van der Waals surface area contributed by atoms with Gasteiger partial charge in [-0.2, -0.15) is 0 Å². The van der Waals surface area contributed by atoms with Crippen molar-refractivity contribution in [2.75, 3.05) is 6.61 Å². The van der Waals surface area contributed by atoms with Gasteiger partial charge in [-0.15, -0.1) is 0 Å². The molecule has 9 heteroatoms. The molecule has 2 saturated heterocycles. The second kappa shape index (κ2) is 11.3. The Kier molecular flexibility index (Phi) is 8.00. The second-order valence-corrected chi connectivity index (χ2v) is 20.5.